The maximum Gasteiger partial charge on any atom is 0.0386 e. The molecule has 2 aromatic rings. The number of nitrogens with one attached hydrogen (secondary N) is 1. The molecule has 0 radical (unpaired) electrons. The van der Waals surface area contributed by atoms with Gasteiger partial charge in [-0.3, -0.25) is 0 Å². The largest absolute Gasteiger partial charge is 0.356 e. The molecule has 0 aliphatic heterocycles. The van der Waals surface area contributed by atoms with Gasteiger partial charge in [0.15, 0.2) is 0 Å². The molecular formula is C16H19N. The van der Waals surface area contributed by atoms with Crippen LogP contribution in [0.5, 0.6) is 0 Å². The van der Waals surface area contributed by atoms with E-state index in [-0.39, 0.29) is 0 Å². The van der Waals surface area contributed by atoms with Gasteiger partial charge in [0.25, 0.3) is 0 Å². The second-order valence-corrected chi connectivity index (χ2v) is 4.77. The van der Waals surface area contributed by atoms with Crippen LogP contribution in [-0.2, 0) is 0 Å². The molecular weight excluding hydrogens is 206 g/mol. The monoisotopic (exact) mass is 225 g/mol. The van der Waals surface area contributed by atoms with E-state index in [1.54, 1.807) is 0 Å². The molecule has 0 fully saturated rings. The van der Waals surface area contributed by atoms with Crippen molar-refractivity contribution in [2.45, 2.75) is 26.7 Å². The Balaban J connectivity index is 2.14. The Labute approximate surface area is 103 Å². The number of benzene rings is 2. The van der Waals surface area contributed by atoms with Crippen molar-refractivity contribution in [1.82, 2.24) is 0 Å². The van der Waals surface area contributed by atoms with Crippen molar-refractivity contribution in [2.24, 2.45) is 0 Å². The fourth-order valence-corrected chi connectivity index (χ4v) is 1.84. The van der Waals surface area contributed by atoms with Crippen LogP contribution < -0.4 is 5.32 Å². The first-order valence-electron chi connectivity index (χ1n) is 6.09. The average Bonchev–Trinajstić information content (AvgIpc) is 2.29. The van der Waals surface area contributed by atoms with Crippen molar-refractivity contribution in [2.75, 3.05) is 5.32 Å². The van der Waals surface area contributed by atoms with Crippen molar-refractivity contribution in [3.05, 3.63) is 59.7 Å². The minimum atomic E-state index is 0.586. The summed E-state index contributed by atoms with van der Waals surface area (Å²) in [6.07, 6.45) is 0. The molecule has 0 spiro atoms. The molecule has 0 aliphatic carbocycles. The Kier molecular flexibility index (Phi) is 3.48. The molecule has 1 nitrogen and oxygen atoms in total. The highest BCUT2D eigenvalue weighted by Crippen LogP contribution is 2.20. The summed E-state index contributed by atoms with van der Waals surface area (Å²) in [7, 11) is 0. The summed E-state index contributed by atoms with van der Waals surface area (Å²) in [5, 5.41) is 3.41. The van der Waals surface area contributed by atoms with Crippen LogP contribution in [0.1, 0.15) is 30.9 Å². The van der Waals surface area contributed by atoms with Crippen LogP contribution >= 0.6 is 0 Å². The van der Waals surface area contributed by atoms with Crippen LogP contribution in [0.25, 0.3) is 0 Å². The molecule has 0 heterocycles. The third-order valence-electron chi connectivity index (χ3n) is 2.88. The average molecular weight is 225 g/mol. The molecule has 88 valence electrons. The molecule has 2 aromatic carbocycles. The van der Waals surface area contributed by atoms with E-state index in [1.807, 2.05) is 0 Å². The number of aryl methyl sites for hydroxylation is 1. The number of anilines is 2. The fourth-order valence-electron chi connectivity index (χ4n) is 1.84. The maximum atomic E-state index is 3.41. The summed E-state index contributed by atoms with van der Waals surface area (Å²) in [5.41, 5.74) is 4.93. The summed E-state index contributed by atoms with van der Waals surface area (Å²) in [6.45, 7) is 6.53. The van der Waals surface area contributed by atoms with Crippen molar-refractivity contribution in [3.63, 3.8) is 0 Å². The second-order valence-electron chi connectivity index (χ2n) is 4.77. The van der Waals surface area contributed by atoms with Crippen molar-refractivity contribution >= 4 is 11.4 Å². The van der Waals surface area contributed by atoms with E-state index >= 15 is 0 Å². The molecule has 0 saturated heterocycles. The Bertz CT molecular complexity index is 483. The third kappa shape index (κ3) is 3.10. The van der Waals surface area contributed by atoms with E-state index in [0.29, 0.717) is 5.92 Å². The Morgan fingerprint density at radius 2 is 1.59 bits per heavy atom. The first-order chi connectivity index (χ1) is 8.15. The summed E-state index contributed by atoms with van der Waals surface area (Å²) >= 11 is 0. The van der Waals surface area contributed by atoms with E-state index in [2.05, 4.69) is 74.6 Å². The van der Waals surface area contributed by atoms with Gasteiger partial charge in [-0.15, -0.1) is 0 Å². The lowest BCUT2D eigenvalue weighted by Crippen LogP contribution is -1.92. The molecule has 0 bridgehead atoms. The minimum Gasteiger partial charge on any atom is -0.356 e. The maximum absolute atomic E-state index is 3.41. The minimum absolute atomic E-state index is 0.586. The van der Waals surface area contributed by atoms with Gasteiger partial charge in [0, 0.05) is 11.4 Å². The van der Waals surface area contributed by atoms with Crippen LogP contribution in [0.4, 0.5) is 11.4 Å². The molecule has 0 saturated carbocycles. The van der Waals surface area contributed by atoms with Crippen LogP contribution in [-0.4, -0.2) is 0 Å². The topological polar surface area (TPSA) is 12.0 Å². The molecule has 0 amide bonds. The van der Waals surface area contributed by atoms with Crippen LogP contribution in [0.15, 0.2) is 48.5 Å². The SMILES string of the molecule is Cc1cccc(Nc2ccc(C(C)C)cc2)c1. The normalized spacial score (nSPS) is 10.6. The predicted molar refractivity (Wildman–Crippen MR) is 75.0 cm³/mol. The molecule has 0 unspecified atom stereocenters. The van der Waals surface area contributed by atoms with Crippen molar-refractivity contribution in [3.8, 4) is 0 Å². The van der Waals surface area contributed by atoms with Crippen LogP contribution in [0, 0.1) is 6.92 Å². The zero-order valence-corrected chi connectivity index (χ0v) is 10.7. The molecule has 0 aliphatic rings. The van der Waals surface area contributed by atoms with Gasteiger partial charge >= 0.3 is 0 Å². The van der Waals surface area contributed by atoms with Gasteiger partial charge in [0.05, 0.1) is 0 Å². The zero-order valence-electron chi connectivity index (χ0n) is 10.7. The molecule has 1 N–H and O–H groups in total. The quantitative estimate of drug-likeness (QED) is 0.786. The summed E-state index contributed by atoms with van der Waals surface area (Å²) < 4.78 is 0. The first kappa shape index (κ1) is 11.7. The lowest BCUT2D eigenvalue weighted by Gasteiger charge is -2.09. The molecule has 2 rings (SSSR count). The van der Waals surface area contributed by atoms with Gasteiger partial charge in [0.2, 0.25) is 0 Å². The number of hydrogen-bond donors (Lipinski definition) is 1. The van der Waals surface area contributed by atoms with E-state index in [1.165, 1.54) is 11.1 Å². The van der Waals surface area contributed by atoms with E-state index in [9.17, 15) is 0 Å². The highest BCUT2D eigenvalue weighted by molar-refractivity contribution is 5.60. The number of rotatable bonds is 3. The van der Waals surface area contributed by atoms with E-state index in [4.69, 9.17) is 0 Å². The Morgan fingerprint density at radius 1 is 0.882 bits per heavy atom. The second kappa shape index (κ2) is 5.05. The van der Waals surface area contributed by atoms with Gasteiger partial charge in [-0.1, -0.05) is 38.1 Å². The third-order valence-corrected chi connectivity index (χ3v) is 2.88. The van der Waals surface area contributed by atoms with Gasteiger partial charge in [0.1, 0.15) is 0 Å². The van der Waals surface area contributed by atoms with Gasteiger partial charge in [-0.25, -0.2) is 0 Å². The highest BCUT2D eigenvalue weighted by Gasteiger charge is 1.99. The molecule has 0 aromatic heterocycles. The lowest BCUT2D eigenvalue weighted by molar-refractivity contribution is 0.867. The smallest absolute Gasteiger partial charge is 0.0386 e. The molecule has 0 atom stereocenters. The van der Waals surface area contributed by atoms with Gasteiger partial charge in [-0.05, 0) is 48.2 Å². The zero-order chi connectivity index (χ0) is 12.3. The lowest BCUT2D eigenvalue weighted by atomic mass is 10.0. The standard InChI is InChI=1S/C16H19N/c1-12(2)14-7-9-15(10-8-14)17-16-6-4-5-13(3)11-16/h4-12,17H,1-3H3. The van der Waals surface area contributed by atoms with E-state index in [0.717, 1.165) is 11.4 Å². The van der Waals surface area contributed by atoms with Gasteiger partial charge in [-0.2, -0.15) is 0 Å². The number of hydrogen-bond acceptors (Lipinski definition) is 1. The summed E-state index contributed by atoms with van der Waals surface area (Å²) in [5.74, 6) is 0.586. The van der Waals surface area contributed by atoms with Crippen molar-refractivity contribution < 1.29 is 0 Å². The molecule has 1 heteroatoms. The van der Waals surface area contributed by atoms with Crippen LogP contribution in [0.2, 0.25) is 0 Å². The van der Waals surface area contributed by atoms with E-state index < -0.39 is 0 Å². The van der Waals surface area contributed by atoms with Crippen molar-refractivity contribution in [1.29, 1.82) is 0 Å². The molecule has 17 heavy (non-hydrogen) atoms. The highest BCUT2D eigenvalue weighted by atomic mass is 14.9. The summed E-state index contributed by atoms with van der Waals surface area (Å²) in [6, 6.07) is 17.0. The summed E-state index contributed by atoms with van der Waals surface area (Å²) in [4.78, 5) is 0. The fraction of sp³-hybridized carbons (Fsp3) is 0.250. The first-order valence-corrected chi connectivity index (χ1v) is 6.09. The van der Waals surface area contributed by atoms with Crippen LogP contribution in [0.3, 0.4) is 0 Å². The Hall–Kier alpha value is -1.76. The Morgan fingerprint density at radius 3 is 2.18 bits per heavy atom. The van der Waals surface area contributed by atoms with Gasteiger partial charge < -0.3 is 5.32 Å². The predicted octanol–water partition coefficient (Wildman–Crippen LogP) is 4.86.